The SMILES string of the molecule is CC/C=C\C/C=C\C/C=C\C/C=C\C/C=C\C/C=C\CCCCCCCCCCCCCCCCCCCCC(=O)NC(COP(=O)(O)OCC[N+](C)(C)C)C(O)/C=C/CC/C=C/CC/C=C/CCCCCCCCCCCCCCCC. The molecule has 0 aliphatic carbocycles. The molecule has 9 heteroatoms. The molecule has 1 amide bonds. The molecule has 480 valence electrons. The van der Waals surface area contributed by atoms with Crippen LogP contribution < -0.4 is 5.32 Å². The van der Waals surface area contributed by atoms with Crippen molar-refractivity contribution in [1.29, 1.82) is 0 Å². The maximum absolute atomic E-state index is 13.0. The third-order valence-corrected chi connectivity index (χ3v) is 16.2. The van der Waals surface area contributed by atoms with Gasteiger partial charge in [-0.3, -0.25) is 13.8 Å². The number of hydrogen-bond acceptors (Lipinski definition) is 5. The van der Waals surface area contributed by atoms with Crippen LogP contribution in [0.25, 0.3) is 0 Å². The minimum Gasteiger partial charge on any atom is -0.387 e. The van der Waals surface area contributed by atoms with Crippen molar-refractivity contribution in [3.05, 3.63) is 109 Å². The van der Waals surface area contributed by atoms with Crippen LogP contribution in [0.4, 0.5) is 0 Å². The number of hydrogen-bond donors (Lipinski definition) is 3. The first-order valence-electron chi connectivity index (χ1n) is 34.8. The van der Waals surface area contributed by atoms with Crippen LogP contribution >= 0.6 is 7.82 Å². The summed E-state index contributed by atoms with van der Waals surface area (Å²) in [7, 11) is 1.55. The van der Waals surface area contributed by atoms with Gasteiger partial charge in [-0.05, 0) is 96.3 Å². The van der Waals surface area contributed by atoms with Gasteiger partial charge in [0.1, 0.15) is 13.2 Å². The molecule has 3 atom stereocenters. The molecule has 3 unspecified atom stereocenters. The predicted octanol–water partition coefficient (Wildman–Crippen LogP) is 22.3. The zero-order valence-electron chi connectivity index (χ0n) is 54.9. The summed E-state index contributed by atoms with van der Waals surface area (Å²) >= 11 is 0. The number of unbranched alkanes of at least 4 members (excludes halogenated alkanes) is 34. The van der Waals surface area contributed by atoms with Crippen LogP contribution in [-0.2, 0) is 18.4 Å². The van der Waals surface area contributed by atoms with Crippen molar-refractivity contribution in [3.8, 4) is 0 Å². The van der Waals surface area contributed by atoms with Crippen LogP contribution in [0.15, 0.2) is 109 Å². The largest absolute Gasteiger partial charge is 0.472 e. The molecule has 0 saturated carbocycles. The molecule has 0 spiro atoms. The molecule has 0 saturated heterocycles. The number of aliphatic hydroxyl groups is 1. The predicted molar refractivity (Wildman–Crippen MR) is 364 cm³/mol. The Bertz CT molecular complexity index is 1720. The lowest BCUT2D eigenvalue weighted by atomic mass is 10.0. The smallest absolute Gasteiger partial charge is 0.387 e. The number of aliphatic hydroxyl groups excluding tert-OH is 1. The van der Waals surface area contributed by atoms with Gasteiger partial charge < -0.3 is 19.8 Å². The molecular formula is C74H134N2O6P+. The summed E-state index contributed by atoms with van der Waals surface area (Å²) in [5, 5.41) is 14.0. The van der Waals surface area contributed by atoms with E-state index in [1.165, 1.54) is 199 Å². The first kappa shape index (κ1) is 80.2. The molecule has 0 aromatic heterocycles. The zero-order chi connectivity index (χ0) is 60.5. The Morgan fingerprint density at radius 1 is 0.422 bits per heavy atom. The first-order valence-corrected chi connectivity index (χ1v) is 36.3. The van der Waals surface area contributed by atoms with Crippen molar-refractivity contribution in [2.24, 2.45) is 0 Å². The third kappa shape index (κ3) is 66.5. The fourth-order valence-corrected chi connectivity index (χ4v) is 10.6. The number of nitrogens with zero attached hydrogens (tertiary/aromatic N) is 1. The van der Waals surface area contributed by atoms with Crippen molar-refractivity contribution in [1.82, 2.24) is 5.32 Å². The summed E-state index contributed by atoms with van der Waals surface area (Å²) in [6.07, 6.45) is 93.8. The lowest BCUT2D eigenvalue weighted by Gasteiger charge is -2.25. The van der Waals surface area contributed by atoms with E-state index in [0.717, 1.165) is 83.5 Å². The third-order valence-electron chi connectivity index (χ3n) is 15.2. The molecule has 8 nitrogen and oxygen atoms in total. The second-order valence-corrected chi connectivity index (χ2v) is 26.0. The highest BCUT2D eigenvalue weighted by molar-refractivity contribution is 7.47. The standard InChI is InChI=1S/C74H133N2O6P/c1-6-8-10-12-14-16-18-20-22-24-26-28-30-32-33-34-35-36-37-38-39-40-41-42-43-44-46-48-50-52-54-56-58-60-62-64-66-68-74(78)75-72(71-82-83(79,80)81-70-69-76(3,4)5)73(77)67-65-63-61-59-57-55-53-51-49-47-45-31-29-27-25-23-21-19-17-15-13-11-9-7-2/h8,10,14,16,20,22,26,28,32-33,35-36,49,51,57,59,65,67,72-73,77H,6-7,9,11-13,15,17-19,21,23-25,27,29-31,34,37-48,50,52-56,58,60-64,66,68-71H2,1-5H3,(H-,75,78,79,80)/p+1/b10-8-,16-14-,22-20-,28-26-,33-32-,36-35-,51-49+,59-57+,67-65+. The first-order chi connectivity index (χ1) is 40.5. The van der Waals surface area contributed by atoms with Gasteiger partial charge in [0.05, 0.1) is 39.9 Å². The quantitative estimate of drug-likeness (QED) is 0.0243. The van der Waals surface area contributed by atoms with Crippen molar-refractivity contribution < 1.29 is 32.9 Å². The summed E-state index contributed by atoms with van der Waals surface area (Å²) < 4.78 is 23.8. The summed E-state index contributed by atoms with van der Waals surface area (Å²) in [5.74, 6) is -0.190. The molecule has 0 heterocycles. The van der Waals surface area contributed by atoms with Crippen LogP contribution in [0, 0.1) is 0 Å². The Labute approximate surface area is 514 Å². The molecule has 0 aliphatic heterocycles. The Hall–Kier alpha value is -2.84. The number of likely N-dealkylation sites (N-methyl/N-ethyl adjacent to an activating group) is 1. The van der Waals surface area contributed by atoms with Gasteiger partial charge in [0.25, 0.3) is 0 Å². The molecule has 0 aromatic carbocycles. The summed E-state index contributed by atoms with van der Waals surface area (Å²) in [5.41, 5.74) is 0. The number of phosphoric acid groups is 1. The molecule has 0 bridgehead atoms. The molecule has 3 N–H and O–H groups in total. The van der Waals surface area contributed by atoms with Crippen molar-refractivity contribution in [2.45, 2.75) is 315 Å². The van der Waals surface area contributed by atoms with E-state index in [0.29, 0.717) is 17.4 Å². The number of rotatable bonds is 63. The molecule has 0 fully saturated rings. The van der Waals surface area contributed by atoms with Crippen molar-refractivity contribution >= 4 is 13.7 Å². The van der Waals surface area contributed by atoms with Crippen LogP contribution in [-0.4, -0.2) is 73.4 Å². The fraction of sp³-hybridized carbons (Fsp3) is 0.743. The lowest BCUT2D eigenvalue weighted by molar-refractivity contribution is -0.870. The molecular weight excluding hydrogens is 1040 g/mol. The Morgan fingerprint density at radius 3 is 1.11 bits per heavy atom. The molecule has 0 aromatic rings. The number of quaternary nitrogens is 1. The monoisotopic (exact) mass is 1180 g/mol. The number of phosphoric ester groups is 1. The van der Waals surface area contributed by atoms with Crippen molar-refractivity contribution in [3.63, 3.8) is 0 Å². The fourth-order valence-electron chi connectivity index (χ4n) is 9.84. The average molecular weight is 1180 g/mol. The number of allylic oxidation sites excluding steroid dienone is 17. The van der Waals surface area contributed by atoms with Crippen LogP contribution in [0.2, 0.25) is 0 Å². The Morgan fingerprint density at radius 2 is 0.735 bits per heavy atom. The van der Waals surface area contributed by atoms with Crippen molar-refractivity contribution in [2.75, 3.05) is 40.9 Å². The summed E-state index contributed by atoms with van der Waals surface area (Å²) in [6, 6.07) is -0.876. The van der Waals surface area contributed by atoms with Gasteiger partial charge >= 0.3 is 7.82 Å². The second kappa shape index (κ2) is 63.7. The zero-order valence-corrected chi connectivity index (χ0v) is 55.8. The minimum atomic E-state index is -4.37. The van der Waals surface area contributed by atoms with Gasteiger partial charge in [-0.2, -0.15) is 0 Å². The van der Waals surface area contributed by atoms with E-state index in [4.69, 9.17) is 9.05 Å². The Balaban J connectivity index is 4.10. The lowest BCUT2D eigenvalue weighted by Crippen LogP contribution is -2.45. The van der Waals surface area contributed by atoms with Crippen LogP contribution in [0.3, 0.4) is 0 Å². The van der Waals surface area contributed by atoms with E-state index >= 15 is 0 Å². The molecule has 0 rings (SSSR count). The van der Waals surface area contributed by atoms with Gasteiger partial charge in [-0.15, -0.1) is 0 Å². The number of carbonyl (C=O) groups excluding carboxylic acids is 1. The number of carbonyl (C=O) groups is 1. The van der Waals surface area contributed by atoms with E-state index in [1.54, 1.807) is 6.08 Å². The highest BCUT2D eigenvalue weighted by Gasteiger charge is 2.28. The van der Waals surface area contributed by atoms with E-state index in [2.05, 4.69) is 116 Å². The van der Waals surface area contributed by atoms with Crippen LogP contribution in [0.5, 0.6) is 0 Å². The van der Waals surface area contributed by atoms with E-state index in [9.17, 15) is 19.4 Å². The number of amides is 1. The van der Waals surface area contributed by atoms with Gasteiger partial charge in [0, 0.05) is 6.42 Å². The molecule has 83 heavy (non-hydrogen) atoms. The normalized spacial score (nSPS) is 14.3. The number of nitrogens with one attached hydrogen (secondary N) is 1. The summed E-state index contributed by atoms with van der Waals surface area (Å²) in [6.45, 7) is 4.70. The maximum Gasteiger partial charge on any atom is 0.472 e. The van der Waals surface area contributed by atoms with Gasteiger partial charge in [0.2, 0.25) is 5.91 Å². The van der Waals surface area contributed by atoms with Gasteiger partial charge in [-0.1, -0.05) is 309 Å². The minimum absolute atomic E-state index is 0.0508. The van der Waals surface area contributed by atoms with Crippen LogP contribution in [0.1, 0.15) is 303 Å². The Kier molecular flexibility index (Phi) is 61.5. The topological polar surface area (TPSA) is 105 Å². The molecule has 0 radical (unpaired) electrons. The average Bonchev–Trinajstić information content (AvgIpc) is 3.50. The molecule has 0 aliphatic rings. The van der Waals surface area contributed by atoms with E-state index in [1.807, 2.05) is 27.2 Å². The van der Waals surface area contributed by atoms with E-state index in [-0.39, 0.29) is 19.1 Å². The summed E-state index contributed by atoms with van der Waals surface area (Å²) in [4.78, 5) is 23.4. The van der Waals surface area contributed by atoms with Gasteiger partial charge in [0.15, 0.2) is 0 Å². The second-order valence-electron chi connectivity index (χ2n) is 24.5. The van der Waals surface area contributed by atoms with E-state index < -0.39 is 20.0 Å². The van der Waals surface area contributed by atoms with Gasteiger partial charge in [-0.25, -0.2) is 4.57 Å². The highest BCUT2D eigenvalue weighted by Crippen LogP contribution is 2.43. The maximum atomic E-state index is 13.0. The highest BCUT2D eigenvalue weighted by atomic mass is 31.2.